The van der Waals surface area contributed by atoms with E-state index in [1.165, 1.54) is 19.3 Å². The van der Waals surface area contributed by atoms with Crippen molar-refractivity contribution in [2.75, 3.05) is 0 Å². The molecule has 0 unspecified atom stereocenters. The molecule has 42 heavy (non-hydrogen) atoms. The van der Waals surface area contributed by atoms with E-state index < -0.39 is 12.0 Å². The topological polar surface area (TPSA) is 106 Å². The highest BCUT2D eigenvalue weighted by atomic mass is 19.3. The molecule has 2 atom stereocenters. The highest BCUT2D eigenvalue weighted by Gasteiger charge is 2.57. The first-order valence-electron chi connectivity index (χ1n) is 15.4. The van der Waals surface area contributed by atoms with Crippen molar-refractivity contribution in [3.05, 3.63) is 47.7 Å². The summed E-state index contributed by atoms with van der Waals surface area (Å²) in [5, 5.41) is 15.3. The molecule has 5 saturated carbocycles. The van der Waals surface area contributed by atoms with Gasteiger partial charge in [0.2, 0.25) is 11.8 Å². The first kappa shape index (κ1) is 27.5. The molecule has 8 rings (SSSR count). The van der Waals surface area contributed by atoms with Crippen LogP contribution in [0.5, 0.6) is 0 Å². The first-order chi connectivity index (χ1) is 20.1. The Bertz CT molecular complexity index is 1480. The molecule has 0 radical (unpaired) electrons. The lowest BCUT2D eigenvalue weighted by Crippen LogP contribution is -2.54. The molecular weight excluding hydrogens is 540 g/mol. The zero-order valence-corrected chi connectivity index (χ0v) is 24.2. The predicted octanol–water partition coefficient (Wildman–Crippen LogP) is 5.56. The van der Waals surface area contributed by atoms with E-state index in [4.69, 9.17) is 4.98 Å². The summed E-state index contributed by atoms with van der Waals surface area (Å²) in [5.74, 6) is -1.83. The Balaban J connectivity index is 1.14. The number of aromatic nitrogens is 5. The molecule has 5 aliphatic carbocycles. The highest BCUT2D eigenvalue weighted by Crippen LogP contribution is 2.66. The molecule has 11 heteroatoms. The number of fused-ring (bicyclic) bond motifs is 1. The highest BCUT2D eigenvalue weighted by molar-refractivity contribution is 5.92. The number of halogens is 2. The Labute approximate surface area is 243 Å². The van der Waals surface area contributed by atoms with Gasteiger partial charge in [-0.15, -0.1) is 0 Å². The van der Waals surface area contributed by atoms with Gasteiger partial charge in [-0.1, -0.05) is 0 Å². The van der Waals surface area contributed by atoms with E-state index in [0.717, 1.165) is 24.3 Å². The van der Waals surface area contributed by atoms with Crippen LogP contribution in [-0.4, -0.2) is 42.1 Å². The van der Waals surface area contributed by atoms with Crippen LogP contribution in [0.25, 0.3) is 5.65 Å². The van der Waals surface area contributed by atoms with Crippen molar-refractivity contribution >= 4 is 17.5 Å². The average Bonchev–Trinajstić information content (AvgIpc) is 3.45. The summed E-state index contributed by atoms with van der Waals surface area (Å²) in [6.45, 7) is 3.89. The number of alkyl halides is 2. The first-order valence-corrected chi connectivity index (χ1v) is 15.4. The Morgan fingerprint density at radius 1 is 1.02 bits per heavy atom. The summed E-state index contributed by atoms with van der Waals surface area (Å²) >= 11 is 0. The maximum absolute atomic E-state index is 14.1. The number of rotatable bonds is 10. The van der Waals surface area contributed by atoms with Crippen LogP contribution in [0.4, 0.5) is 8.78 Å². The molecular formula is C31H39F2N7O2. The Morgan fingerprint density at radius 3 is 2.38 bits per heavy atom. The molecule has 0 saturated heterocycles. The van der Waals surface area contributed by atoms with E-state index in [1.54, 1.807) is 33.9 Å². The van der Waals surface area contributed by atoms with Crippen LogP contribution in [0, 0.1) is 23.2 Å². The van der Waals surface area contributed by atoms with Crippen molar-refractivity contribution in [1.82, 2.24) is 35.0 Å². The number of amides is 2. The average molecular weight is 580 g/mol. The van der Waals surface area contributed by atoms with Gasteiger partial charge in [0.05, 0.1) is 30.2 Å². The van der Waals surface area contributed by atoms with Gasteiger partial charge in [0, 0.05) is 31.5 Å². The molecule has 3 aromatic rings. The van der Waals surface area contributed by atoms with Crippen LogP contribution in [0.3, 0.4) is 0 Å². The Morgan fingerprint density at radius 2 is 1.74 bits per heavy atom. The van der Waals surface area contributed by atoms with E-state index in [2.05, 4.69) is 20.8 Å². The van der Waals surface area contributed by atoms with E-state index >= 15 is 0 Å². The van der Waals surface area contributed by atoms with Gasteiger partial charge in [-0.25, -0.2) is 18.3 Å². The minimum atomic E-state index is -2.68. The van der Waals surface area contributed by atoms with Crippen LogP contribution in [0.2, 0.25) is 0 Å². The van der Waals surface area contributed by atoms with Crippen LogP contribution in [0.15, 0.2) is 30.7 Å². The van der Waals surface area contributed by atoms with Crippen LogP contribution in [0.1, 0.15) is 118 Å². The molecule has 5 aliphatic rings. The van der Waals surface area contributed by atoms with Crippen molar-refractivity contribution in [1.29, 1.82) is 0 Å². The van der Waals surface area contributed by atoms with E-state index in [9.17, 15) is 18.4 Å². The molecule has 2 N–H and O–H groups in total. The zero-order valence-electron chi connectivity index (χ0n) is 24.2. The summed E-state index contributed by atoms with van der Waals surface area (Å²) in [7, 11) is 0. The maximum atomic E-state index is 14.1. The van der Waals surface area contributed by atoms with Crippen molar-refractivity contribution in [3.63, 3.8) is 0 Å². The number of carbonyl (C=O) groups is 2. The monoisotopic (exact) mass is 579 g/mol. The van der Waals surface area contributed by atoms with Gasteiger partial charge in [-0.05, 0) is 99.7 Å². The molecule has 3 aromatic heterocycles. The standard InChI is InChI=1S/C31H39F2N7O2/c1-18(2)40-24(7-10-34-40)29(42)38-28(21-5-8-31(32,33)9-6-21)23-17-39-25(36-23)11-22(16-35-39)27(20-3-4-20)37-26(41)15-30-12-19(13-30)14-30/h7,10-11,16-21,27-28H,3-6,8-9,12-15H2,1-2H3,(H,37,41)(H,38,42)/t19?,27-,28+,30?/m1/s1. The lowest BCUT2D eigenvalue weighted by atomic mass is 9.43. The van der Waals surface area contributed by atoms with Crippen molar-refractivity contribution in [2.45, 2.75) is 102 Å². The van der Waals surface area contributed by atoms with Crippen molar-refractivity contribution < 1.29 is 18.4 Å². The fraction of sp³-hybridized carbons (Fsp3) is 0.645. The smallest absolute Gasteiger partial charge is 0.270 e. The molecule has 0 aliphatic heterocycles. The largest absolute Gasteiger partial charge is 0.349 e. The van der Waals surface area contributed by atoms with Crippen molar-refractivity contribution in [3.8, 4) is 0 Å². The maximum Gasteiger partial charge on any atom is 0.270 e. The normalized spacial score (nSPS) is 26.4. The zero-order chi connectivity index (χ0) is 29.2. The number of hydrogen-bond donors (Lipinski definition) is 2. The SMILES string of the molecule is CC(C)n1nccc1C(=O)N[C@H](c1cn2ncc([C@H](NC(=O)CC34CC(C3)C4)C3CC3)cc2n1)C1CCC(F)(F)CC1. The van der Waals surface area contributed by atoms with Gasteiger partial charge >= 0.3 is 0 Å². The summed E-state index contributed by atoms with van der Waals surface area (Å²) < 4.78 is 31.5. The number of carbonyl (C=O) groups excluding carboxylic acids is 2. The number of hydrogen-bond acceptors (Lipinski definition) is 5. The molecule has 2 amide bonds. The number of imidazole rings is 1. The van der Waals surface area contributed by atoms with Crippen LogP contribution >= 0.6 is 0 Å². The molecule has 0 aromatic carbocycles. The molecule has 0 spiro atoms. The van der Waals surface area contributed by atoms with E-state index in [1.807, 2.05) is 19.9 Å². The summed E-state index contributed by atoms with van der Waals surface area (Å²) in [6.07, 6.45) is 11.6. The van der Waals surface area contributed by atoms with Gasteiger partial charge in [0.15, 0.2) is 5.65 Å². The second kappa shape index (κ2) is 10.1. The van der Waals surface area contributed by atoms with Crippen LogP contribution in [-0.2, 0) is 4.79 Å². The fourth-order valence-electron chi connectivity index (χ4n) is 7.52. The van der Waals surface area contributed by atoms with Gasteiger partial charge in [-0.2, -0.15) is 10.2 Å². The quantitative estimate of drug-likeness (QED) is 0.327. The lowest BCUT2D eigenvalue weighted by Gasteiger charge is -2.61. The molecule has 3 heterocycles. The third-order valence-corrected chi connectivity index (χ3v) is 10.1. The minimum Gasteiger partial charge on any atom is -0.349 e. The summed E-state index contributed by atoms with van der Waals surface area (Å²) in [4.78, 5) is 31.3. The molecule has 5 fully saturated rings. The lowest BCUT2D eigenvalue weighted by molar-refractivity contribution is -0.145. The minimum absolute atomic E-state index is 0.00991. The van der Waals surface area contributed by atoms with E-state index in [-0.39, 0.29) is 60.9 Å². The Hall–Kier alpha value is -3.37. The summed E-state index contributed by atoms with van der Waals surface area (Å²) in [5.41, 5.74) is 2.79. The van der Waals surface area contributed by atoms with Gasteiger partial charge in [0.25, 0.3) is 5.91 Å². The predicted molar refractivity (Wildman–Crippen MR) is 151 cm³/mol. The second-order valence-electron chi connectivity index (χ2n) is 13.7. The van der Waals surface area contributed by atoms with Crippen LogP contribution < -0.4 is 10.6 Å². The Kier molecular flexibility index (Phi) is 6.62. The number of nitrogens with one attached hydrogen (secondary N) is 2. The van der Waals surface area contributed by atoms with E-state index in [0.29, 0.717) is 29.4 Å². The molecule has 9 nitrogen and oxygen atoms in total. The van der Waals surface area contributed by atoms with Gasteiger partial charge < -0.3 is 10.6 Å². The molecule has 2 bridgehead atoms. The summed E-state index contributed by atoms with van der Waals surface area (Å²) in [6, 6.07) is 2.96. The second-order valence-corrected chi connectivity index (χ2v) is 13.7. The third kappa shape index (κ3) is 5.19. The van der Waals surface area contributed by atoms with Crippen molar-refractivity contribution in [2.24, 2.45) is 23.2 Å². The van der Waals surface area contributed by atoms with Gasteiger partial charge in [0.1, 0.15) is 5.69 Å². The molecule has 224 valence electrons. The number of nitrogens with zero attached hydrogens (tertiary/aromatic N) is 5. The fourth-order valence-corrected chi connectivity index (χ4v) is 7.52. The third-order valence-electron chi connectivity index (χ3n) is 10.1. The van der Waals surface area contributed by atoms with Gasteiger partial charge in [-0.3, -0.25) is 14.3 Å².